The Hall–Kier alpha value is -2.21. The number of methoxy groups -OCH3 is 2. The topological polar surface area (TPSA) is 67.8 Å². The minimum atomic E-state index is -0.554. The Morgan fingerprint density at radius 3 is 2.12 bits per heavy atom. The van der Waals surface area contributed by atoms with Crippen LogP contribution in [0, 0.1) is 0 Å². The van der Waals surface area contributed by atoms with E-state index in [4.69, 9.17) is 9.47 Å². The Bertz CT molecular complexity index is 732. The van der Waals surface area contributed by atoms with Gasteiger partial charge < -0.3 is 19.9 Å². The van der Waals surface area contributed by atoms with E-state index in [1.54, 1.807) is 12.1 Å². The number of carbonyl (C=O) groups excluding carboxylic acids is 1. The maximum atomic E-state index is 12.5. The molecule has 2 aromatic carbocycles. The lowest BCUT2D eigenvalue weighted by Gasteiger charge is -2.28. The molecule has 1 amide bonds. The molecule has 0 radical (unpaired) electrons. The van der Waals surface area contributed by atoms with Crippen molar-refractivity contribution < 1.29 is 19.4 Å². The lowest BCUT2D eigenvalue weighted by atomic mass is 9.93. The van der Waals surface area contributed by atoms with Crippen LogP contribution in [-0.4, -0.2) is 30.8 Å². The Morgan fingerprint density at radius 2 is 1.64 bits per heavy atom. The third-order valence-corrected chi connectivity index (χ3v) is 4.30. The second-order valence-corrected chi connectivity index (χ2v) is 7.27. The second-order valence-electron chi connectivity index (χ2n) is 6.35. The minimum absolute atomic E-state index is 0.0640. The first kappa shape index (κ1) is 19.1. The summed E-state index contributed by atoms with van der Waals surface area (Å²) < 4.78 is 11.6. The van der Waals surface area contributed by atoms with Crippen LogP contribution in [0.15, 0.2) is 40.9 Å². The largest absolute Gasteiger partial charge is 0.508 e. The lowest BCUT2D eigenvalue weighted by Crippen LogP contribution is -2.45. The van der Waals surface area contributed by atoms with Gasteiger partial charge in [0.1, 0.15) is 17.2 Å². The quantitative estimate of drug-likeness (QED) is 0.761. The molecule has 0 heterocycles. The molecule has 2 N–H and O–H groups in total. The molecule has 0 aliphatic carbocycles. The summed E-state index contributed by atoms with van der Waals surface area (Å²) in [7, 11) is 3.07. The number of halogens is 1. The minimum Gasteiger partial charge on any atom is -0.508 e. The number of hydrogen-bond acceptors (Lipinski definition) is 4. The molecule has 0 saturated carbocycles. The zero-order valence-electron chi connectivity index (χ0n) is 14.7. The number of benzene rings is 2. The van der Waals surface area contributed by atoms with Gasteiger partial charge in [-0.3, -0.25) is 4.79 Å². The fourth-order valence-electron chi connectivity index (χ4n) is 2.61. The Balaban J connectivity index is 2.23. The number of nitrogens with one attached hydrogen (secondary N) is 1. The maximum absolute atomic E-state index is 12.5. The molecule has 0 aliphatic rings. The first-order valence-corrected chi connectivity index (χ1v) is 8.57. The molecule has 0 fully saturated rings. The third-order valence-electron chi connectivity index (χ3n) is 3.77. The number of phenolic OH excluding ortho intramolecular Hbond substituents is 1. The number of aromatic hydroxyl groups is 1. The van der Waals surface area contributed by atoms with Crippen molar-refractivity contribution in [3.8, 4) is 17.2 Å². The summed E-state index contributed by atoms with van der Waals surface area (Å²) >= 11 is 3.36. The number of hydrogen-bond donors (Lipinski definition) is 2. The number of amides is 1. The van der Waals surface area contributed by atoms with Crippen LogP contribution in [0.25, 0.3) is 0 Å². The average molecular weight is 408 g/mol. The van der Waals surface area contributed by atoms with Gasteiger partial charge in [0.15, 0.2) is 0 Å². The van der Waals surface area contributed by atoms with Crippen molar-refractivity contribution in [1.29, 1.82) is 0 Å². The van der Waals surface area contributed by atoms with E-state index < -0.39 is 5.54 Å². The van der Waals surface area contributed by atoms with Crippen LogP contribution >= 0.6 is 15.9 Å². The van der Waals surface area contributed by atoms with E-state index in [9.17, 15) is 9.90 Å². The molecule has 0 aliphatic heterocycles. The van der Waals surface area contributed by atoms with Gasteiger partial charge in [0.2, 0.25) is 0 Å². The molecule has 134 valence electrons. The normalized spacial score (nSPS) is 11.1. The smallest absolute Gasteiger partial charge is 0.251 e. The van der Waals surface area contributed by atoms with E-state index in [1.165, 1.54) is 26.4 Å². The van der Waals surface area contributed by atoms with Crippen LogP contribution in [0.1, 0.15) is 29.8 Å². The molecule has 0 unspecified atom stereocenters. The first-order chi connectivity index (χ1) is 11.8. The number of ether oxygens (including phenoxy) is 2. The van der Waals surface area contributed by atoms with Crippen LogP contribution in [-0.2, 0) is 6.42 Å². The summed E-state index contributed by atoms with van der Waals surface area (Å²) in [5.74, 6) is 0.939. The molecule has 0 saturated heterocycles. The van der Waals surface area contributed by atoms with Gasteiger partial charge in [0.05, 0.1) is 14.2 Å². The van der Waals surface area contributed by atoms with Gasteiger partial charge in [0.25, 0.3) is 5.91 Å². The predicted molar refractivity (Wildman–Crippen MR) is 101 cm³/mol. The number of rotatable bonds is 6. The lowest BCUT2D eigenvalue weighted by molar-refractivity contribution is 0.0912. The fraction of sp³-hybridized carbons (Fsp3) is 0.316. The van der Waals surface area contributed by atoms with Gasteiger partial charge in [-0.05, 0) is 38.1 Å². The van der Waals surface area contributed by atoms with Crippen molar-refractivity contribution in [3.05, 3.63) is 52.0 Å². The Kier molecular flexibility index (Phi) is 5.95. The molecule has 2 aromatic rings. The van der Waals surface area contributed by atoms with Crippen molar-refractivity contribution >= 4 is 21.8 Å². The van der Waals surface area contributed by atoms with Crippen LogP contribution in [0.3, 0.4) is 0 Å². The molecule has 2 rings (SSSR count). The van der Waals surface area contributed by atoms with Crippen molar-refractivity contribution in [2.75, 3.05) is 14.2 Å². The van der Waals surface area contributed by atoms with Crippen LogP contribution in [0.2, 0.25) is 0 Å². The summed E-state index contributed by atoms with van der Waals surface area (Å²) in [6.45, 7) is 3.85. The molecular formula is C19H22BrNO4. The third kappa shape index (κ3) is 4.89. The van der Waals surface area contributed by atoms with E-state index in [2.05, 4.69) is 21.2 Å². The molecule has 0 spiro atoms. The van der Waals surface area contributed by atoms with Crippen LogP contribution in [0.5, 0.6) is 17.2 Å². The van der Waals surface area contributed by atoms with Gasteiger partial charge in [-0.1, -0.05) is 15.9 Å². The van der Waals surface area contributed by atoms with E-state index in [-0.39, 0.29) is 11.7 Å². The Labute approximate surface area is 156 Å². The maximum Gasteiger partial charge on any atom is 0.251 e. The first-order valence-electron chi connectivity index (χ1n) is 7.77. The van der Waals surface area contributed by atoms with Gasteiger partial charge >= 0.3 is 0 Å². The van der Waals surface area contributed by atoms with Crippen molar-refractivity contribution in [3.63, 3.8) is 0 Å². The SMILES string of the molecule is COc1cc(O)cc(OC)c1CC(C)(C)NC(=O)c1ccc(Br)cc1. The summed E-state index contributed by atoms with van der Waals surface area (Å²) in [5.41, 5.74) is 0.812. The number of phenols is 1. The van der Waals surface area contributed by atoms with Crippen LogP contribution in [0.4, 0.5) is 0 Å². The monoisotopic (exact) mass is 407 g/mol. The van der Waals surface area contributed by atoms with Gasteiger partial charge in [0, 0.05) is 39.7 Å². The summed E-state index contributed by atoms with van der Waals surface area (Å²) in [4.78, 5) is 12.5. The van der Waals surface area contributed by atoms with Crippen molar-refractivity contribution in [2.24, 2.45) is 0 Å². The van der Waals surface area contributed by atoms with E-state index in [0.29, 0.717) is 23.5 Å². The molecule has 25 heavy (non-hydrogen) atoms. The van der Waals surface area contributed by atoms with E-state index >= 15 is 0 Å². The molecule has 0 atom stereocenters. The van der Waals surface area contributed by atoms with E-state index in [1.807, 2.05) is 26.0 Å². The fourth-order valence-corrected chi connectivity index (χ4v) is 2.88. The Morgan fingerprint density at radius 1 is 1.12 bits per heavy atom. The second kappa shape index (κ2) is 7.78. The summed E-state index contributed by atoms with van der Waals surface area (Å²) in [6.07, 6.45) is 0.474. The van der Waals surface area contributed by atoms with Gasteiger partial charge in [-0.25, -0.2) is 0 Å². The zero-order valence-corrected chi connectivity index (χ0v) is 16.3. The average Bonchev–Trinajstić information content (AvgIpc) is 2.55. The van der Waals surface area contributed by atoms with Crippen molar-refractivity contribution in [2.45, 2.75) is 25.8 Å². The summed E-state index contributed by atoms with van der Waals surface area (Å²) in [6, 6.07) is 10.2. The van der Waals surface area contributed by atoms with Crippen molar-refractivity contribution in [1.82, 2.24) is 5.32 Å². The zero-order chi connectivity index (χ0) is 18.6. The molecule has 5 nitrogen and oxygen atoms in total. The molecule has 0 bridgehead atoms. The van der Waals surface area contributed by atoms with E-state index in [0.717, 1.165) is 10.0 Å². The predicted octanol–water partition coefficient (Wildman–Crippen LogP) is 3.92. The highest BCUT2D eigenvalue weighted by molar-refractivity contribution is 9.10. The highest BCUT2D eigenvalue weighted by Gasteiger charge is 2.26. The summed E-state index contributed by atoms with van der Waals surface area (Å²) in [5, 5.41) is 12.8. The number of carbonyl (C=O) groups is 1. The standard InChI is InChI=1S/C19H22BrNO4/c1-19(2,21-18(23)12-5-7-13(20)8-6-12)11-15-16(24-3)9-14(22)10-17(15)25-4/h5-10,22H,11H2,1-4H3,(H,21,23). The highest BCUT2D eigenvalue weighted by Crippen LogP contribution is 2.35. The molecule has 0 aromatic heterocycles. The van der Waals surface area contributed by atoms with Gasteiger partial charge in [-0.2, -0.15) is 0 Å². The molecule has 6 heteroatoms. The molecular weight excluding hydrogens is 386 g/mol. The highest BCUT2D eigenvalue weighted by atomic mass is 79.9. The van der Waals surface area contributed by atoms with Crippen LogP contribution < -0.4 is 14.8 Å². The van der Waals surface area contributed by atoms with Gasteiger partial charge in [-0.15, -0.1) is 0 Å².